The normalized spacial score (nSPS) is 15.1. The third kappa shape index (κ3) is 3.44. The zero-order chi connectivity index (χ0) is 14.8. The van der Waals surface area contributed by atoms with Crippen LogP contribution in [0.25, 0.3) is 0 Å². The molecule has 0 aromatic heterocycles. The van der Waals surface area contributed by atoms with Crippen molar-refractivity contribution in [2.24, 2.45) is 0 Å². The zero-order valence-corrected chi connectivity index (χ0v) is 11.3. The van der Waals surface area contributed by atoms with Gasteiger partial charge in [-0.2, -0.15) is 13.2 Å². The van der Waals surface area contributed by atoms with Crippen LogP contribution in [-0.4, -0.2) is 22.8 Å². The summed E-state index contributed by atoms with van der Waals surface area (Å²) in [6.07, 6.45) is -4.95. The van der Waals surface area contributed by atoms with Gasteiger partial charge in [0.15, 0.2) is 0 Å². The summed E-state index contributed by atoms with van der Waals surface area (Å²) >= 11 is 2.99. The van der Waals surface area contributed by atoms with E-state index in [1.165, 1.54) is 6.07 Å². The van der Waals surface area contributed by atoms with Gasteiger partial charge in [0.1, 0.15) is 5.82 Å². The highest BCUT2D eigenvalue weighted by Gasteiger charge is 2.57. The van der Waals surface area contributed by atoms with Crippen molar-refractivity contribution in [3.8, 4) is 0 Å². The number of hydrogen-bond donors (Lipinski definition) is 2. The Balaban J connectivity index is 2.92. The van der Waals surface area contributed by atoms with E-state index in [9.17, 15) is 22.4 Å². The fourth-order valence-electron chi connectivity index (χ4n) is 1.23. The topological polar surface area (TPSA) is 49.3 Å². The number of hydrogen-bond acceptors (Lipinski definition) is 2. The van der Waals surface area contributed by atoms with Crippen LogP contribution in [0, 0.1) is 5.82 Å². The van der Waals surface area contributed by atoms with Crippen molar-refractivity contribution in [3.63, 3.8) is 0 Å². The molecule has 0 aliphatic rings. The summed E-state index contributed by atoms with van der Waals surface area (Å²) < 4.78 is 51.2. The van der Waals surface area contributed by atoms with Crippen molar-refractivity contribution in [2.75, 3.05) is 0 Å². The van der Waals surface area contributed by atoms with E-state index >= 15 is 0 Å². The number of nitrogens with one attached hydrogen (secondary N) is 1. The highest BCUT2D eigenvalue weighted by Crippen LogP contribution is 2.31. The predicted octanol–water partition coefficient (Wildman–Crippen LogP) is 3.08. The van der Waals surface area contributed by atoms with E-state index in [-0.39, 0.29) is 11.0 Å². The molecule has 1 atom stereocenters. The van der Waals surface area contributed by atoms with Crippen molar-refractivity contribution >= 4 is 21.9 Å². The van der Waals surface area contributed by atoms with Gasteiger partial charge in [0.25, 0.3) is 0 Å². The van der Waals surface area contributed by atoms with Crippen LogP contribution < -0.4 is 5.32 Å². The Hall–Kier alpha value is -1.15. The standard InChI is InChI=1S/C11H10BrF4NO2/c1-10(9(18)19,11(14,15)16)17-5-6-2-3-7(13)4-8(6)12/h2-4,17H,5H2,1H3,(H,18,19). The maximum atomic E-state index is 12.8. The minimum Gasteiger partial charge on any atom is -0.480 e. The second-order valence-electron chi connectivity index (χ2n) is 4.02. The van der Waals surface area contributed by atoms with Gasteiger partial charge in [-0.1, -0.05) is 22.0 Å². The molecule has 8 heteroatoms. The van der Waals surface area contributed by atoms with Gasteiger partial charge >= 0.3 is 12.1 Å². The molecule has 0 amide bonds. The second-order valence-corrected chi connectivity index (χ2v) is 4.87. The summed E-state index contributed by atoms with van der Waals surface area (Å²) in [6, 6.07) is 3.43. The summed E-state index contributed by atoms with van der Waals surface area (Å²) in [7, 11) is 0. The van der Waals surface area contributed by atoms with Crippen LogP contribution in [0.2, 0.25) is 0 Å². The van der Waals surface area contributed by atoms with Crippen molar-refractivity contribution < 1.29 is 27.5 Å². The van der Waals surface area contributed by atoms with Crippen molar-refractivity contribution in [1.82, 2.24) is 5.32 Å². The van der Waals surface area contributed by atoms with Gasteiger partial charge in [0, 0.05) is 11.0 Å². The molecule has 2 N–H and O–H groups in total. The quantitative estimate of drug-likeness (QED) is 0.826. The van der Waals surface area contributed by atoms with Crippen LogP contribution in [0.3, 0.4) is 0 Å². The van der Waals surface area contributed by atoms with Crippen molar-refractivity contribution in [3.05, 3.63) is 34.1 Å². The molecule has 0 fully saturated rings. The van der Waals surface area contributed by atoms with E-state index in [4.69, 9.17) is 5.11 Å². The van der Waals surface area contributed by atoms with E-state index in [1.54, 1.807) is 0 Å². The van der Waals surface area contributed by atoms with Crippen molar-refractivity contribution in [2.45, 2.75) is 25.2 Å². The first-order chi connectivity index (χ1) is 8.58. The van der Waals surface area contributed by atoms with Gasteiger partial charge in [0.05, 0.1) is 0 Å². The Morgan fingerprint density at radius 3 is 2.42 bits per heavy atom. The third-order valence-corrected chi connectivity index (χ3v) is 3.38. The Bertz CT molecular complexity index is 492. The molecule has 0 saturated heterocycles. The lowest BCUT2D eigenvalue weighted by atomic mass is 10.0. The molecular weight excluding hydrogens is 334 g/mol. The molecule has 19 heavy (non-hydrogen) atoms. The molecule has 0 saturated carbocycles. The molecule has 0 radical (unpaired) electrons. The minimum atomic E-state index is -4.95. The number of carboxylic acids is 1. The minimum absolute atomic E-state index is 0.259. The van der Waals surface area contributed by atoms with Gasteiger partial charge < -0.3 is 5.11 Å². The van der Waals surface area contributed by atoms with Gasteiger partial charge in [0.2, 0.25) is 5.54 Å². The lowest BCUT2D eigenvalue weighted by molar-refractivity contribution is -0.206. The SMILES string of the molecule is CC(NCc1ccc(F)cc1Br)(C(=O)O)C(F)(F)F. The second kappa shape index (κ2) is 5.46. The zero-order valence-electron chi connectivity index (χ0n) is 9.68. The van der Waals surface area contributed by atoms with Gasteiger partial charge in [-0.3, -0.25) is 5.32 Å². The number of carbonyl (C=O) groups is 1. The van der Waals surface area contributed by atoms with Crippen LogP contribution in [0.1, 0.15) is 12.5 Å². The van der Waals surface area contributed by atoms with Crippen molar-refractivity contribution in [1.29, 1.82) is 0 Å². The Kier molecular flexibility index (Phi) is 4.57. The third-order valence-electron chi connectivity index (χ3n) is 2.64. The average molecular weight is 344 g/mol. The molecule has 106 valence electrons. The number of rotatable bonds is 4. The number of aliphatic carboxylic acids is 1. The van der Waals surface area contributed by atoms with E-state index in [2.05, 4.69) is 15.9 Å². The summed E-state index contributed by atoms with van der Waals surface area (Å²) in [5.74, 6) is -2.58. The van der Waals surface area contributed by atoms with Gasteiger partial charge in [-0.05, 0) is 24.6 Å². The Labute approximate surface area is 114 Å². The fraction of sp³-hybridized carbons (Fsp3) is 0.364. The first-order valence-electron chi connectivity index (χ1n) is 5.07. The first kappa shape index (κ1) is 15.9. The maximum absolute atomic E-state index is 12.8. The fourth-order valence-corrected chi connectivity index (χ4v) is 1.73. The maximum Gasteiger partial charge on any atom is 0.417 e. The van der Waals surface area contributed by atoms with Crippen LogP contribution in [-0.2, 0) is 11.3 Å². The number of carboxylic acid groups (broad SMARTS) is 1. The molecule has 0 bridgehead atoms. The van der Waals surface area contributed by atoms with E-state index < -0.39 is 23.5 Å². The molecule has 3 nitrogen and oxygen atoms in total. The van der Waals surface area contributed by atoms with Crippen LogP contribution in [0.5, 0.6) is 0 Å². The molecule has 0 spiro atoms. The van der Waals surface area contributed by atoms with Gasteiger partial charge in [-0.25, -0.2) is 9.18 Å². The number of halogens is 5. The summed E-state index contributed by atoms with van der Waals surface area (Å²) in [4.78, 5) is 10.8. The number of benzene rings is 1. The van der Waals surface area contributed by atoms with Crippen LogP contribution >= 0.6 is 15.9 Å². The van der Waals surface area contributed by atoms with E-state index in [0.29, 0.717) is 12.5 Å². The monoisotopic (exact) mass is 343 g/mol. The molecule has 1 unspecified atom stereocenters. The van der Waals surface area contributed by atoms with Gasteiger partial charge in [-0.15, -0.1) is 0 Å². The lowest BCUT2D eigenvalue weighted by Gasteiger charge is -2.28. The summed E-state index contributed by atoms with van der Waals surface area (Å²) in [5, 5.41) is 10.6. The molecule has 0 aliphatic carbocycles. The summed E-state index contributed by atoms with van der Waals surface area (Å²) in [5.41, 5.74) is -2.75. The smallest absolute Gasteiger partial charge is 0.417 e. The molecule has 1 aromatic rings. The average Bonchev–Trinajstić information content (AvgIpc) is 2.25. The van der Waals surface area contributed by atoms with E-state index in [1.807, 2.05) is 5.32 Å². The molecular formula is C11H10BrF4NO2. The van der Waals surface area contributed by atoms with E-state index in [0.717, 1.165) is 12.1 Å². The lowest BCUT2D eigenvalue weighted by Crippen LogP contribution is -2.59. The highest BCUT2D eigenvalue weighted by atomic mass is 79.9. The largest absolute Gasteiger partial charge is 0.480 e. The molecule has 1 rings (SSSR count). The Morgan fingerprint density at radius 2 is 2.00 bits per heavy atom. The Morgan fingerprint density at radius 1 is 1.42 bits per heavy atom. The molecule has 1 aromatic carbocycles. The van der Waals surface area contributed by atoms with Crippen LogP contribution in [0.15, 0.2) is 22.7 Å². The first-order valence-corrected chi connectivity index (χ1v) is 5.86. The summed E-state index contributed by atoms with van der Waals surface area (Å²) in [6.45, 7) is 0.163. The van der Waals surface area contributed by atoms with Crippen LogP contribution in [0.4, 0.5) is 17.6 Å². The number of alkyl halides is 3. The molecule has 0 aliphatic heterocycles. The predicted molar refractivity (Wildman–Crippen MR) is 63.0 cm³/mol. The molecule has 0 heterocycles. The highest BCUT2D eigenvalue weighted by molar-refractivity contribution is 9.10.